The maximum atomic E-state index is 10.5. The third-order valence-corrected chi connectivity index (χ3v) is 5.30. The first-order valence-electron chi connectivity index (χ1n) is 7.58. The molecule has 21 heavy (non-hydrogen) atoms. The quantitative estimate of drug-likeness (QED) is 0.807. The number of morpholine rings is 1. The molecule has 2 saturated heterocycles. The molecule has 0 aromatic heterocycles. The molecule has 4 nitrogen and oxygen atoms in total. The Hall–Kier alpha value is -0.550. The molecule has 0 bridgehead atoms. The van der Waals surface area contributed by atoms with Crippen molar-refractivity contribution in [2.75, 3.05) is 26.3 Å². The summed E-state index contributed by atoms with van der Waals surface area (Å²) < 4.78 is 5.44. The topological polar surface area (TPSA) is 35.9 Å². The summed E-state index contributed by atoms with van der Waals surface area (Å²) in [5, 5.41) is 12.1. The molecule has 0 amide bonds. The van der Waals surface area contributed by atoms with Crippen molar-refractivity contribution in [3.05, 3.63) is 23.4 Å². The molecule has 0 spiro atoms. The largest absolute Gasteiger partial charge is 0.378 e. The van der Waals surface area contributed by atoms with Crippen LogP contribution in [0.25, 0.3) is 0 Å². The Morgan fingerprint density at radius 3 is 2.38 bits per heavy atom. The van der Waals surface area contributed by atoms with Crippen molar-refractivity contribution >= 4 is 12.4 Å². The van der Waals surface area contributed by atoms with Crippen LogP contribution < -0.4 is 0 Å². The lowest BCUT2D eigenvalue weighted by molar-refractivity contribution is -0.193. The number of ether oxygens (including phenoxy) is 1. The van der Waals surface area contributed by atoms with E-state index in [0.717, 1.165) is 32.7 Å². The van der Waals surface area contributed by atoms with E-state index >= 15 is 0 Å². The van der Waals surface area contributed by atoms with Crippen LogP contribution in [0.2, 0.25) is 0 Å². The average molecular weight is 315 g/mol. The molecule has 3 rings (SSSR count). The maximum Gasteiger partial charge on any atom is 0.0642 e. The van der Waals surface area contributed by atoms with Gasteiger partial charge in [0.1, 0.15) is 0 Å². The molecule has 0 saturated carbocycles. The highest BCUT2D eigenvalue weighted by Gasteiger charge is 2.55. The van der Waals surface area contributed by atoms with E-state index in [0.29, 0.717) is 5.92 Å². The van der Waals surface area contributed by atoms with E-state index in [1.54, 1.807) is 5.06 Å². The van der Waals surface area contributed by atoms with Gasteiger partial charge in [-0.25, -0.2) is 0 Å². The van der Waals surface area contributed by atoms with E-state index in [1.165, 1.54) is 11.3 Å². The molecule has 1 aliphatic carbocycles. The van der Waals surface area contributed by atoms with Crippen molar-refractivity contribution in [2.45, 2.75) is 45.2 Å². The molecule has 0 aromatic carbocycles. The molecule has 120 valence electrons. The van der Waals surface area contributed by atoms with Crippen LogP contribution >= 0.6 is 12.4 Å². The fraction of sp³-hybridized carbons (Fsp3) is 0.750. The SMILES string of the molecule is CC1(C)C2=CC=C(N3CCOCC3)CC2C(C)(C)N1O.Cl. The highest BCUT2D eigenvalue weighted by molar-refractivity contribution is 5.85. The number of halogens is 1. The summed E-state index contributed by atoms with van der Waals surface area (Å²) in [5.41, 5.74) is 2.24. The lowest BCUT2D eigenvalue weighted by atomic mass is 9.76. The fourth-order valence-corrected chi connectivity index (χ4v) is 4.03. The molecule has 3 aliphatic rings. The van der Waals surface area contributed by atoms with Gasteiger partial charge in [0.2, 0.25) is 0 Å². The summed E-state index contributed by atoms with van der Waals surface area (Å²) in [6.45, 7) is 12.1. The molecular weight excluding hydrogens is 288 g/mol. The molecule has 2 heterocycles. The molecular formula is C16H27ClN2O2. The minimum Gasteiger partial charge on any atom is -0.378 e. The summed E-state index contributed by atoms with van der Waals surface area (Å²) in [6.07, 6.45) is 5.49. The fourth-order valence-electron chi connectivity index (χ4n) is 4.03. The maximum absolute atomic E-state index is 10.5. The Balaban J connectivity index is 0.00000161. The van der Waals surface area contributed by atoms with Gasteiger partial charge in [-0.1, -0.05) is 6.08 Å². The smallest absolute Gasteiger partial charge is 0.0642 e. The molecule has 2 fully saturated rings. The second kappa shape index (κ2) is 5.58. The van der Waals surface area contributed by atoms with Crippen molar-refractivity contribution < 1.29 is 9.94 Å². The van der Waals surface area contributed by atoms with Crippen LogP contribution in [0.3, 0.4) is 0 Å². The van der Waals surface area contributed by atoms with Crippen LogP contribution in [0.1, 0.15) is 34.1 Å². The van der Waals surface area contributed by atoms with Gasteiger partial charge in [0.05, 0.1) is 18.8 Å². The first-order chi connectivity index (χ1) is 9.35. The van der Waals surface area contributed by atoms with Crippen molar-refractivity contribution in [3.63, 3.8) is 0 Å². The second-order valence-electron chi connectivity index (χ2n) is 7.16. The number of rotatable bonds is 1. The Labute approximate surface area is 133 Å². The number of nitrogens with zero attached hydrogens (tertiary/aromatic N) is 2. The monoisotopic (exact) mass is 314 g/mol. The van der Waals surface area contributed by atoms with Crippen LogP contribution in [0, 0.1) is 5.92 Å². The van der Waals surface area contributed by atoms with Gasteiger partial charge in [-0.15, -0.1) is 12.4 Å². The zero-order valence-corrected chi connectivity index (χ0v) is 14.2. The summed E-state index contributed by atoms with van der Waals surface area (Å²) in [5.74, 6) is 0.380. The third kappa shape index (κ3) is 2.52. The normalized spacial score (nSPS) is 31.1. The van der Waals surface area contributed by atoms with Gasteiger partial charge in [0.15, 0.2) is 0 Å². The van der Waals surface area contributed by atoms with Crippen LogP contribution in [-0.2, 0) is 4.74 Å². The second-order valence-corrected chi connectivity index (χ2v) is 7.16. The Morgan fingerprint density at radius 2 is 1.76 bits per heavy atom. The molecule has 1 unspecified atom stereocenters. The molecule has 2 aliphatic heterocycles. The summed E-state index contributed by atoms with van der Waals surface area (Å²) >= 11 is 0. The Morgan fingerprint density at radius 1 is 1.14 bits per heavy atom. The van der Waals surface area contributed by atoms with Crippen LogP contribution in [0.4, 0.5) is 0 Å². The van der Waals surface area contributed by atoms with Gasteiger partial charge in [-0.05, 0) is 45.8 Å². The van der Waals surface area contributed by atoms with Gasteiger partial charge in [0, 0.05) is 30.2 Å². The number of hydrogen-bond donors (Lipinski definition) is 1. The zero-order valence-electron chi connectivity index (χ0n) is 13.4. The zero-order chi connectivity index (χ0) is 14.5. The lowest BCUT2D eigenvalue weighted by Gasteiger charge is -2.37. The predicted octanol–water partition coefficient (Wildman–Crippen LogP) is 2.83. The molecule has 0 radical (unpaired) electrons. The van der Waals surface area contributed by atoms with Crippen molar-refractivity contribution in [1.29, 1.82) is 0 Å². The van der Waals surface area contributed by atoms with E-state index < -0.39 is 0 Å². The van der Waals surface area contributed by atoms with Gasteiger partial charge >= 0.3 is 0 Å². The number of hydroxylamine groups is 2. The minimum absolute atomic E-state index is 0. The van der Waals surface area contributed by atoms with Gasteiger partial charge in [-0.3, -0.25) is 0 Å². The summed E-state index contributed by atoms with van der Waals surface area (Å²) in [6, 6.07) is 0. The molecule has 1 N–H and O–H groups in total. The average Bonchev–Trinajstić information content (AvgIpc) is 2.58. The highest BCUT2D eigenvalue weighted by atomic mass is 35.5. The minimum atomic E-state index is -0.277. The van der Waals surface area contributed by atoms with Crippen LogP contribution in [0.5, 0.6) is 0 Å². The summed E-state index contributed by atoms with van der Waals surface area (Å²) in [7, 11) is 0. The van der Waals surface area contributed by atoms with E-state index in [2.05, 4.69) is 44.7 Å². The molecule has 0 aromatic rings. The first-order valence-corrected chi connectivity index (χ1v) is 7.58. The van der Waals surface area contributed by atoms with Crippen molar-refractivity contribution in [3.8, 4) is 0 Å². The number of allylic oxidation sites excluding steroid dienone is 3. The van der Waals surface area contributed by atoms with Gasteiger partial charge in [-0.2, -0.15) is 5.06 Å². The van der Waals surface area contributed by atoms with Crippen molar-refractivity contribution in [2.24, 2.45) is 5.92 Å². The van der Waals surface area contributed by atoms with Gasteiger partial charge in [0.25, 0.3) is 0 Å². The third-order valence-electron chi connectivity index (χ3n) is 5.30. The van der Waals surface area contributed by atoms with Crippen LogP contribution in [0.15, 0.2) is 23.4 Å². The van der Waals surface area contributed by atoms with Gasteiger partial charge < -0.3 is 14.8 Å². The van der Waals surface area contributed by atoms with E-state index in [9.17, 15) is 5.21 Å². The Kier molecular flexibility index (Phi) is 4.47. The Bertz CT molecular complexity index is 465. The predicted molar refractivity (Wildman–Crippen MR) is 85.7 cm³/mol. The van der Waals surface area contributed by atoms with E-state index in [-0.39, 0.29) is 23.5 Å². The first kappa shape index (κ1) is 16.8. The molecule has 1 atom stereocenters. The molecule has 5 heteroatoms. The van der Waals surface area contributed by atoms with E-state index in [4.69, 9.17) is 4.74 Å². The number of fused-ring (bicyclic) bond motifs is 1. The number of hydrogen-bond acceptors (Lipinski definition) is 4. The standard InChI is InChI=1S/C16H26N2O2.ClH/c1-15(2)13-6-5-12(17-7-9-20-10-8-17)11-14(13)16(3,4)18(15)19;/h5-6,14,19H,7-11H2,1-4H3;1H. The highest BCUT2D eigenvalue weighted by Crippen LogP contribution is 2.51. The van der Waals surface area contributed by atoms with Crippen LogP contribution in [-0.4, -0.2) is 52.6 Å². The van der Waals surface area contributed by atoms with E-state index in [1.807, 2.05) is 0 Å². The summed E-state index contributed by atoms with van der Waals surface area (Å²) in [4.78, 5) is 2.43. The van der Waals surface area contributed by atoms with Crippen molar-refractivity contribution in [1.82, 2.24) is 9.96 Å². The lowest BCUT2D eigenvalue weighted by Crippen LogP contribution is -2.47.